The second-order valence-corrected chi connectivity index (χ2v) is 8.27. The van der Waals surface area contributed by atoms with Gasteiger partial charge in [-0.2, -0.15) is 9.90 Å². The van der Waals surface area contributed by atoms with Gasteiger partial charge in [-0.05, 0) is 30.3 Å². The summed E-state index contributed by atoms with van der Waals surface area (Å²) in [5, 5.41) is 9.22. The van der Waals surface area contributed by atoms with Gasteiger partial charge < -0.3 is 14.4 Å². The number of aromatic nitrogens is 4. The lowest BCUT2D eigenvalue weighted by molar-refractivity contribution is 0.0589. The van der Waals surface area contributed by atoms with E-state index >= 15 is 0 Å². The summed E-state index contributed by atoms with van der Waals surface area (Å²) in [4.78, 5) is 20.7. The second kappa shape index (κ2) is 8.35. The van der Waals surface area contributed by atoms with E-state index in [1.807, 2.05) is 53.4 Å². The maximum absolute atomic E-state index is 12.8. The van der Waals surface area contributed by atoms with E-state index < -0.39 is 0 Å². The normalized spacial score (nSPS) is 14.7. The zero-order valence-electron chi connectivity index (χ0n) is 17.0. The molecule has 1 amide bonds. The first-order valence-corrected chi connectivity index (χ1v) is 10.9. The molecule has 0 bridgehead atoms. The lowest BCUT2D eigenvalue weighted by atomic mass is 10.1. The zero-order valence-corrected chi connectivity index (χ0v) is 17.8. The predicted octanol–water partition coefficient (Wildman–Crippen LogP) is 3.57. The van der Waals surface area contributed by atoms with Crippen molar-refractivity contribution in [2.45, 2.75) is 18.9 Å². The molecule has 4 aromatic rings. The van der Waals surface area contributed by atoms with E-state index in [1.54, 1.807) is 7.11 Å². The smallest absolute Gasteiger partial charge is 0.276 e. The molecule has 0 N–H and O–H groups in total. The molecule has 8 nitrogen and oxygen atoms in total. The Hall–Kier alpha value is -3.46. The van der Waals surface area contributed by atoms with Gasteiger partial charge in [0.25, 0.3) is 11.1 Å². The van der Waals surface area contributed by atoms with Crippen LogP contribution in [0.25, 0.3) is 15.9 Å². The van der Waals surface area contributed by atoms with Crippen LogP contribution in [-0.4, -0.2) is 57.1 Å². The molecule has 0 unspecified atom stereocenters. The summed E-state index contributed by atoms with van der Waals surface area (Å²) in [6, 6.07) is 15.3. The molecule has 1 aliphatic heterocycles. The lowest BCUT2D eigenvalue weighted by Gasteiger charge is -2.31. The van der Waals surface area contributed by atoms with Crippen molar-refractivity contribution in [2.75, 3.05) is 20.2 Å². The summed E-state index contributed by atoms with van der Waals surface area (Å²) in [6.45, 7) is 1.22. The van der Waals surface area contributed by atoms with Crippen LogP contribution in [0.4, 0.5) is 0 Å². The number of hydrogen-bond donors (Lipinski definition) is 0. The van der Waals surface area contributed by atoms with Crippen molar-refractivity contribution in [3.05, 3.63) is 60.4 Å². The molecule has 5 rings (SSSR count). The Labute approximate surface area is 183 Å². The fourth-order valence-corrected chi connectivity index (χ4v) is 4.50. The SMILES string of the molecule is COc1ccc2nc(OC3CCN(C(=O)c4cnn(-c5ccccc5)n4)CC3)sc2c1. The number of carbonyl (C=O) groups is 1. The maximum atomic E-state index is 12.8. The maximum Gasteiger partial charge on any atom is 0.276 e. The minimum atomic E-state index is -0.104. The van der Waals surface area contributed by atoms with Crippen molar-refractivity contribution in [3.8, 4) is 16.6 Å². The quantitative estimate of drug-likeness (QED) is 0.477. The Kier molecular flexibility index (Phi) is 5.25. The second-order valence-electron chi connectivity index (χ2n) is 7.28. The molecule has 2 aromatic heterocycles. The Bertz CT molecular complexity index is 1200. The van der Waals surface area contributed by atoms with Crippen LogP contribution in [0.1, 0.15) is 23.3 Å². The predicted molar refractivity (Wildman–Crippen MR) is 117 cm³/mol. The first kappa shape index (κ1) is 19.5. The Morgan fingerprint density at radius 2 is 1.94 bits per heavy atom. The van der Waals surface area contributed by atoms with Crippen LogP contribution in [-0.2, 0) is 0 Å². The van der Waals surface area contributed by atoms with Crippen molar-refractivity contribution >= 4 is 27.5 Å². The van der Waals surface area contributed by atoms with E-state index in [2.05, 4.69) is 15.2 Å². The summed E-state index contributed by atoms with van der Waals surface area (Å²) in [5.74, 6) is 0.700. The van der Waals surface area contributed by atoms with Crippen molar-refractivity contribution in [3.63, 3.8) is 0 Å². The summed E-state index contributed by atoms with van der Waals surface area (Å²) in [7, 11) is 1.65. The van der Waals surface area contributed by atoms with E-state index in [-0.39, 0.29) is 12.0 Å². The Balaban J connectivity index is 1.19. The van der Waals surface area contributed by atoms with Gasteiger partial charge in [0.05, 0.1) is 29.2 Å². The highest BCUT2D eigenvalue weighted by Crippen LogP contribution is 2.32. The Morgan fingerprint density at radius 3 is 2.71 bits per heavy atom. The molecule has 2 aromatic carbocycles. The number of ether oxygens (including phenoxy) is 2. The molecule has 0 spiro atoms. The van der Waals surface area contributed by atoms with Gasteiger partial charge in [0.15, 0.2) is 5.69 Å². The largest absolute Gasteiger partial charge is 0.497 e. The van der Waals surface area contributed by atoms with Crippen LogP contribution >= 0.6 is 11.3 Å². The van der Waals surface area contributed by atoms with Crippen LogP contribution in [0, 0.1) is 0 Å². The standard InChI is InChI=1S/C22H21N5O3S/c1-29-17-7-8-18-20(13-17)31-22(24-18)30-16-9-11-26(12-10-16)21(28)19-14-23-27(25-19)15-5-3-2-4-6-15/h2-8,13-14,16H,9-12H2,1H3. The van der Waals surface area contributed by atoms with Crippen LogP contribution in [0.15, 0.2) is 54.7 Å². The molecule has 0 saturated carbocycles. The third-order valence-corrected chi connectivity index (χ3v) is 6.18. The third-order valence-electron chi connectivity index (χ3n) is 5.27. The molecule has 9 heteroatoms. The molecule has 31 heavy (non-hydrogen) atoms. The summed E-state index contributed by atoms with van der Waals surface area (Å²) in [6.07, 6.45) is 3.05. The van der Waals surface area contributed by atoms with Crippen molar-refractivity contribution in [2.24, 2.45) is 0 Å². The van der Waals surface area contributed by atoms with E-state index in [4.69, 9.17) is 9.47 Å². The van der Waals surface area contributed by atoms with Gasteiger partial charge in [-0.3, -0.25) is 4.79 Å². The topological polar surface area (TPSA) is 82.4 Å². The van der Waals surface area contributed by atoms with Gasteiger partial charge in [0.2, 0.25) is 0 Å². The van der Waals surface area contributed by atoms with Gasteiger partial charge in [-0.1, -0.05) is 29.5 Å². The number of nitrogens with zero attached hydrogens (tertiary/aromatic N) is 5. The number of rotatable bonds is 5. The number of carbonyl (C=O) groups excluding carboxylic acids is 1. The fraction of sp³-hybridized carbons (Fsp3) is 0.273. The average Bonchev–Trinajstić information content (AvgIpc) is 3.46. The molecule has 0 radical (unpaired) electrons. The molecular formula is C22H21N5O3S. The van der Waals surface area contributed by atoms with Crippen LogP contribution < -0.4 is 9.47 Å². The number of para-hydroxylation sites is 1. The van der Waals surface area contributed by atoms with Crippen molar-refractivity contribution in [1.29, 1.82) is 0 Å². The summed E-state index contributed by atoms with van der Waals surface area (Å²) < 4.78 is 12.4. The van der Waals surface area contributed by atoms with Gasteiger partial charge >= 0.3 is 0 Å². The van der Waals surface area contributed by atoms with E-state index in [1.165, 1.54) is 22.3 Å². The number of amides is 1. The van der Waals surface area contributed by atoms with Gasteiger partial charge in [-0.25, -0.2) is 4.98 Å². The molecular weight excluding hydrogens is 414 g/mol. The van der Waals surface area contributed by atoms with Gasteiger partial charge in [0.1, 0.15) is 11.9 Å². The van der Waals surface area contributed by atoms with E-state index in [0.29, 0.717) is 24.0 Å². The molecule has 0 aliphatic carbocycles. The minimum Gasteiger partial charge on any atom is -0.497 e. The van der Waals surface area contributed by atoms with E-state index in [9.17, 15) is 4.79 Å². The van der Waals surface area contributed by atoms with Crippen LogP contribution in [0.3, 0.4) is 0 Å². The number of hydrogen-bond acceptors (Lipinski definition) is 7. The van der Waals surface area contributed by atoms with Crippen molar-refractivity contribution in [1.82, 2.24) is 24.9 Å². The zero-order chi connectivity index (χ0) is 21.2. The van der Waals surface area contributed by atoms with Crippen LogP contribution in [0.2, 0.25) is 0 Å². The number of thiazole rings is 1. The molecule has 1 aliphatic rings. The molecule has 0 atom stereocenters. The number of methoxy groups -OCH3 is 1. The number of piperidine rings is 1. The first-order valence-electron chi connectivity index (χ1n) is 10.1. The average molecular weight is 436 g/mol. The summed E-state index contributed by atoms with van der Waals surface area (Å²) in [5.41, 5.74) is 2.07. The third kappa shape index (κ3) is 4.09. The van der Waals surface area contributed by atoms with Crippen LogP contribution in [0.5, 0.6) is 10.9 Å². The molecule has 3 heterocycles. The first-order chi connectivity index (χ1) is 15.2. The fourth-order valence-electron chi connectivity index (χ4n) is 3.59. The Morgan fingerprint density at radius 1 is 1.13 bits per heavy atom. The molecule has 158 valence electrons. The van der Waals surface area contributed by atoms with Gasteiger partial charge in [0, 0.05) is 25.9 Å². The molecule has 1 fully saturated rings. The number of fused-ring (bicyclic) bond motifs is 1. The van der Waals surface area contributed by atoms with E-state index in [0.717, 1.165) is 34.5 Å². The lowest BCUT2D eigenvalue weighted by Crippen LogP contribution is -2.42. The highest BCUT2D eigenvalue weighted by Gasteiger charge is 2.27. The minimum absolute atomic E-state index is 0.0338. The van der Waals surface area contributed by atoms with Gasteiger partial charge in [-0.15, -0.1) is 5.10 Å². The number of benzene rings is 2. The summed E-state index contributed by atoms with van der Waals surface area (Å²) >= 11 is 1.51. The monoisotopic (exact) mass is 435 g/mol. The highest BCUT2D eigenvalue weighted by atomic mass is 32.1. The van der Waals surface area contributed by atoms with Crippen molar-refractivity contribution < 1.29 is 14.3 Å². The highest BCUT2D eigenvalue weighted by molar-refractivity contribution is 7.20. The number of likely N-dealkylation sites (tertiary alicyclic amines) is 1. The molecule has 1 saturated heterocycles.